The van der Waals surface area contributed by atoms with Crippen LogP contribution in [0, 0.1) is 6.92 Å². The summed E-state index contributed by atoms with van der Waals surface area (Å²) >= 11 is 0. The number of ether oxygens (including phenoxy) is 1. The second-order valence-corrected chi connectivity index (χ2v) is 7.61. The topological polar surface area (TPSA) is 92.5 Å². The molecule has 31 heavy (non-hydrogen) atoms. The van der Waals surface area contributed by atoms with Gasteiger partial charge in [0.1, 0.15) is 13.2 Å². The van der Waals surface area contributed by atoms with Crippen molar-refractivity contribution in [2.45, 2.75) is 46.4 Å². The Kier molecular flexibility index (Phi) is 5.50. The molecule has 0 amide bonds. The van der Waals surface area contributed by atoms with E-state index in [0.29, 0.717) is 11.4 Å². The average molecular weight is 423 g/mol. The van der Waals surface area contributed by atoms with E-state index >= 15 is 0 Å². The van der Waals surface area contributed by atoms with Crippen LogP contribution in [0.2, 0.25) is 0 Å². The molecule has 4 rings (SSSR count). The number of imidazole rings is 2. The fourth-order valence-electron chi connectivity index (χ4n) is 3.70. The van der Waals surface area contributed by atoms with Crippen LogP contribution in [0.1, 0.15) is 31.0 Å². The minimum Gasteiger partial charge on any atom is -0.459 e. The van der Waals surface area contributed by atoms with E-state index in [0.717, 1.165) is 35.2 Å². The maximum atomic E-state index is 13.2. The predicted molar refractivity (Wildman–Crippen MR) is 116 cm³/mol. The molecule has 0 spiro atoms. The molecule has 0 fully saturated rings. The van der Waals surface area contributed by atoms with Gasteiger partial charge in [0.2, 0.25) is 5.78 Å². The number of benzene rings is 1. The minimum absolute atomic E-state index is 0.0768. The Morgan fingerprint density at radius 2 is 1.87 bits per heavy atom. The lowest BCUT2D eigenvalue weighted by atomic mass is 10.2. The molecule has 0 N–H and O–H groups in total. The minimum atomic E-state index is -0.653. The molecule has 0 aliphatic heterocycles. The van der Waals surface area contributed by atoms with E-state index in [4.69, 9.17) is 4.74 Å². The monoisotopic (exact) mass is 423 g/mol. The van der Waals surface area contributed by atoms with Crippen molar-refractivity contribution in [2.75, 3.05) is 0 Å². The average Bonchev–Trinajstić information content (AvgIpc) is 3.28. The summed E-state index contributed by atoms with van der Waals surface area (Å²) in [6, 6.07) is 9.22. The standard InChI is InChI=1S/C22H25N5O4/c1-4-5-11-25-15(2)12-26-18-19(23-21(25)26)24(3)22(30)27(20(18)29)13-17(28)31-14-16-9-7-6-8-10-16/h6-10,12H,4-5,11,13-14H2,1-3H3. The van der Waals surface area contributed by atoms with Crippen LogP contribution in [-0.4, -0.2) is 29.1 Å². The Morgan fingerprint density at radius 1 is 1.13 bits per heavy atom. The summed E-state index contributed by atoms with van der Waals surface area (Å²) in [6.07, 6.45) is 3.84. The van der Waals surface area contributed by atoms with Gasteiger partial charge in [-0.25, -0.2) is 9.36 Å². The van der Waals surface area contributed by atoms with Gasteiger partial charge >= 0.3 is 11.7 Å². The quantitative estimate of drug-likeness (QED) is 0.424. The Labute approximate surface area is 178 Å². The lowest BCUT2D eigenvalue weighted by Gasteiger charge is -2.08. The van der Waals surface area contributed by atoms with E-state index < -0.39 is 23.8 Å². The maximum Gasteiger partial charge on any atom is 0.333 e. The van der Waals surface area contributed by atoms with Crippen LogP contribution in [0.5, 0.6) is 0 Å². The molecule has 0 unspecified atom stereocenters. The highest BCUT2D eigenvalue weighted by Gasteiger charge is 2.21. The molecule has 1 aromatic carbocycles. The number of aryl methyl sites for hydroxylation is 3. The molecule has 3 aromatic heterocycles. The van der Waals surface area contributed by atoms with Crippen LogP contribution in [0.3, 0.4) is 0 Å². The zero-order valence-electron chi connectivity index (χ0n) is 17.9. The van der Waals surface area contributed by atoms with E-state index in [1.165, 1.54) is 4.57 Å². The fraction of sp³-hybridized carbons (Fsp3) is 0.364. The maximum absolute atomic E-state index is 13.2. The molecule has 0 aliphatic rings. The molecule has 0 aliphatic carbocycles. The number of aromatic nitrogens is 5. The van der Waals surface area contributed by atoms with Crippen molar-refractivity contribution in [3.63, 3.8) is 0 Å². The van der Waals surface area contributed by atoms with Crippen molar-refractivity contribution < 1.29 is 9.53 Å². The smallest absolute Gasteiger partial charge is 0.333 e. The lowest BCUT2D eigenvalue weighted by Crippen LogP contribution is -2.41. The molecular formula is C22H25N5O4. The van der Waals surface area contributed by atoms with Crippen molar-refractivity contribution in [2.24, 2.45) is 7.05 Å². The highest BCUT2D eigenvalue weighted by atomic mass is 16.5. The summed E-state index contributed by atoms with van der Waals surface area (Å²) in [6.45, 7) is 4.45. The molecule has 0 atom stereocenters. The third-order valence-electron chi connectivity index (χ3n) is 5.41. The number of rotatable bonds is 7. The van der Waals surface area contributed by atoms with E-state index in [1.807, 2.05) is 48.0 Å². The summed E-state index contributed by atoms with van der Waals surface area (Å²) < 4.78 is 11.2. The third kappa shape index (κ3) is 3.67. The number of unbranched alkanes of at least 4 members (excludes halogenated alkanes) is 1. The first-order chi connectivity index (χ1) is 14.9. The van der Waals surface area contributed by atoms with E-state index in [-0.39, 0.29) is 12.1 Å². The molecule has 0 saturated carbocycles. The molecule has 9 heteroatoms. The normalized spacial score (nSPS) is 11.5. The zero-order chi connectivity index (χ0) is 22.1. The van der Waals surface area contributed by atoms with Crippen LogP contribution in [-0.2, 0) is 36.3 Å². The first-order valence-corrected chi connectivity index (χ1v) is 10.3. The Hall–Kier alpha value is -3.62. The van der Waals surface area contributed by atoms with E-state index in [2.05, 4.69) is 11.9 Å². The Morgan fingerprint density at radius 3 is 2.58 bits per heavy atom. The van der Waals surface area contributed by atoms with Crippen LogP contribution in [0.25, 0.3) is 16.9 Å². The number of hydrogen-bond acceptors (Lipinski definition) is 5. The van der Waals surface area contributed by atoms with Crippen LogP contribution in [0.4, 0.5) is 0 Å². The van der Waals surface area contributed by atoms with Crippen molar-refractivity contribution in [1.82, 2.24) is 23.1 Å². The fourth-order valence-corrected chi connectivity index (χ4v) is 3.70. The molecule has 4 aromatic rings. The summed E-state index contributed by atoms with van der Waals surface area (Å²) in [5.74, 6) is -0.0442. The van der Waals surface area contributed by atoms with Crippen molar-refractivity contribution in [3.05, 3.63) is 68.6 Å². The number of nitrogens with zero attached hydrogens (tertiary/aromatic N) is 5. The Balaban J connectivity index is 1.72. The highest BCUT2D eigenvalue weighted by Crippen LogP contribution is 2.17. The molecule has 0 saturated heterocycles. The zero-order valence-corrected chi connectivity index (χ0v) is 17.9. The number of carbonyl (C=O) groups excluding carboxylic acids is 1. The van der Waals surface area contributed by atoms with Crippen molar-refractivity contribution in [1.29, 1.82) is 0 Å². The molecule has 0 bridgehead atoms. The lowest BCUT2D eigenvalue weighted by molar-refractivity contribution is -0.145. The van der Waals surface area contributed by atoms with Crippen LogP contribution < -0.4 is 11.2 Å². The first kappa shape index (κ1) is 20.6. The van der Waals surface area contributed by atoms with E-state index in [9.17, 15) is 14.4 Å². The Bertz CT molecular complexity index is 1370. The molecule has 0 radical (unpaired) electrons. The van der Waals surface area contributed by atoms with E-state index in [1.54, 1.807) is 11.4 Å². The largest absolute Gasteiger partial charge is 0.459 e. The summed E-state index contributed by atoms with van der Waals surface area (Å²) in [5, 5.41) is 0. The molecule has 162 valence electrons. The van der Waals surface area contributed by atoms with Gasteiger partial charge < -0.3 is 9.30 Å². The summed E-state index contributed by atoms with van der Waals surface area (Å²) in [7, 11) is 1.55. The second-order valence-electron chi connectivity index (χ2n) is 7.61. The molecule has 9 nitrogen and oxygen atoms in total. The first-order valence-electron chi connectivity index (χ1n) is 10.3. The van der Waals surface area contributed by atoms with Crippen molar-refractivity contribution >= 4 is 22.9 Å². The summed E-state index contributed by atoms with van der Waals surface area (Å²) in [4.78, 5) is 42.9. The van der Waals surface area contributed by atoms with Gasteiger partial charge in [0.15, 0.2) is 11.2 Å². The van der Waals surface area contributed by atoms with Gasteiger partial charge in [-0.15, -0.1) is 0 Å². The van der Waals surface area contributed by atoms with Gasteiger partial charge in [0.25, 0.3) is 5.56 Å². The van der Waals surface area contributed by atoms with Crippen molar-refractivity contribution in [3.8, 4) is 0 Å². The number of carbonyl (C=O) groups is 1. The van der Waals surface area contributed by atoms with Gasteiger partial charge in [-0.2, -0.15) is 4.98 Å². The molecular weight excluding hydrogens is 398 g/mol. The van der Waals surface area contributed by atoms with Crippen LogP contribution in [0.15, 0.2) is 46.1 Å². The highest BCUT2D eigenvalue weighted by molar-refractivity contribution is 5.76. The van der Waals surface area contributed by atoms with Gasteiger partial charge in [0.05, 0.1) is 0 Å². The predicted octanol–water partition coefficient (Wildman–Crippen LogP) is 2.00. The van der Waals surface area contributed by atoms with Crippen LogP contribution >= 0.6 is 0 Å². The van der Waals surface area contributed by atoms with Gasteiger partial charge in [-0.1, -0.05) is 43.7 Å². The van der Waals surface area contributed by atoms with Gasteiger partial charge in [-0.05, 0) is 18.9 Å². The third-order valence-corrected chi connectivity index (χ3v) is 5.41. The number of hydrogen-bond donors (Lipinski definition) is 0. The molecule has 3 heterocycles. The number of fused-ring (bicyclic) bond motifs is 3. The summed E-state index contributed by atoms with van der Waals surface area (Å²) in [5.41, 5.74) is 1.20. The second kappa shape index (κ2) is 8.25. The van der Waals surface area contributed by atoms with Gasteiger partial charge in [0, 0.05) is 25.5 Å². The number of esters is 1. The van der Waals surface area contributed by atoms with Gasteiger partial charge in [-0.3, -0.25) is 18.6 Å². The SMILES string of the molecule is CCCCn1c(C)cn2c3c(=O)n(CC(=O)OCc4ccccc4)c(=O)n(C)c3nc12.